The predicted octanol–water partition coefficient (Wildman–Crippen LogP) is 3.31. The van der Waals surface area contributed by atoms with Gasteiger partial charge in [-0.3, -0.25) is 9.71 Å². The van der Waals surface area contributed by atoms with Crippen molar-refractivity contribution in [1.29, 1.82) is 0 Å². The number of pyridine rings is 1. The van der Waals surface area contributed by atoms with Gasteiger partial charge in [-0.05, 0) is 31.2 Å². The SMILES string of the molecule is COc1nc(C)cnc1NS(=O)(=O)c1cccnc1-c1ccc(Cl)cc1. The molecule has 0 aliphatic heterocycles. The zero-order chi connectivity index (χ0) is 18.7. The number of halogens is 1. The number of aryl methyl sites for hydroxylation is 1. The summed E-state index contributed by atoms with van der Waals surface area (Å²) in [5, 5.41) is 0.548. The van der Waals surface area contributed by atoms with Crippen LogP contribution >= 0.6 is 11.6 Å². The minimum Gasteiger partial charge on any atom is -0.478 e. The summed E-state index contributed by atoms with van der Waals surface area (Å²) in [6.07, 6.45) is 2.97. The van der Waals surface area contributed by atoms with Crippen LogP contribution in [0.3, 0.4) is 0 Å². The standard InChI is InChI=1S/C17H15ClN4O3S/c1-11-10-20-16(17(21-11)25-2)22-26(23,24)14-4-3-9-19-15(14)12-5-7-13(18)8-6-12/h3-10H,1-2H3,(H,20,22). The van der Waals surface area contributed by atoms with Gasteiger partial charge in [0.25, 0.3) is 15.9 Å². The van der Waals surface area contributed by atoms with Crippen LogP contribution in [0.15, 0.2) is 53.7 Å². The van der Waals surface area contributed by atoms with E-state index in [1.54, 1.807) is 37.3 Å². The number of nitrogens with zero attached hydrogens (tertiary/aromatic N) is 3. The van der Waals surface area contributed by atoms with Crippen molar-refractivity contribution in [2.24, 2.45) is 0 Å². The van der Waals surface area contributed by atoms with E-state index in [1.165, 1.54) is 25.6 Å². The molecule has 1 aromatic carbocycles. The molecule has 0 saturated carbocycles. The molecule has 0 unspecified atom stereocenters. The highest BCUT2D eigenvalue weighted by Crippen LogP contribution is 2.29. The number of benzene rings is 1. The summed E-state index contributed by atoms with van der Waals surface area (Å²) in [4.78, 5) is 12.4. The second-order valence-electron chi connectivity index (χ2n) is 5.33. The first-order valence-electron chi connectivity index (χ1n) is 7.52. The van der Waals surface area contributed by atoms with Crippen molar-refractivity contribution >= 4 is 27.4 Å². The molecule has 7 nitrogen and oxygen atoms in total. The van der Waals surface area contributed by atoms with E-state index in [9.17, 15) is 8.42 Å². The average Bonchev–Trinajstić information content (AvgIpc) is 2.63. The Kier molecular flexibility index (Phi) is 5.06. The fraction of sp³-hybridized carbons (Fsp3) is 0.118. The van der Waals surface area contributed by atoms with Crippen LogP contribution in [0.2, 0.25) is 5.02 Å². The highest BCUT2D eigenvalue weighted by molar-refractivity contribution is 7.92. The van der Waals surface area contributed by atoms with Crippen LogP contribution in [-0.2, 0) is 10.0 Å². The maximum absolute atomic E-state index is 12.9. The third kappa shape index (κ3) is 3.76. The molecule has 9 heteroatoms. The van der Waals surface area contributed by atoms with Crippen molar-refractivity contribution in [3.05, 3.63) is 59.5 Å². The second kappa shape index (κ2) is 7.27. The number of hydrogen-bond acceptors (Lipinski definition) is 6. The minimum atomic E-state index is -3.98. The lowest BCUT2D eigenvalue weighted by atomic mass is 10.1. The first-order chi connectivity index (χ1) is 12.4. The van der Waals surface area contributed by atoms with E-state index in [1.807, 2.05) is 0 Å². The van der Waals surface area contributed by atoms with Crippen LogP contribution in [-0.4, -0.2) is 30.5 Å². The molecular formula is C17H15ClN4O3S. The van der Waals surface area contributed by atoms with E-state index in [0.29, 0.717) is 22.0 Å². The second-order valence-corrected chi connectivity index (χ2v) is 7.42. The van der Waals surface area contributed by atoms with Crippen molar-refractivity contribution in [3.8, 4) is 17.1 Å². The van der Waals surface area contributed by atoms with E-state index in [-0.39, 0.29) is 16.6 Å². The Morgan fingerprint density at radius 1 is 1.12 bits per heavy atom. The lowest BCUT2D eigenvalue weighted by molar-refractivity contribution is 0.397. The third-order valence-corrected chi connectivity index (χ3v) is 5.09. The van der Waals surface area contributed by atoms with Crippen LogP contribution in [0.5, 0.6) is 5.88 Å². The summed E-state index contributed by atoms with van der Waals surface area (Å²) in [5.74, 6) is 0.0921. The van der Waals surface area contributed by atoms with Crippen LogP contribution < -0.4 is 9.46 Å². The van der Waals surface area contributed by atoms with Gasteiger partial charge in [0.1, 0.15) is 4.90 Å². The highest BCUT2D eigenvalue weighted by atomic mass is 35.5. The third-order valence-electron chi connectivity index (χ3n) is 3.46. The Morgan fingerprint density at radius 3 is 2.54 bits per heavy atom. The number of hydrogen-bond donors (Lipinski definition) is 1. The van der Waals surface area contributed by atoms with Crippen molar-refractivity contribution < 1.29 is 13.2 Å². The van der Waals surface area contributed by atoms with Crippen LogP contribution in [0.1, 0.15) is 5.69 Å². The van der Waals surface area contributed by atoms with Gasteiger partial charge in [0.15, 0.2) is 0 Å². The Morgan fingerprint density at radius 2 is 1.85 bits per heavy atom. The predicted molar refractivity (Wildman–Crippen MR) is 98.8 cm³/mol. The molecule has 1 N–H and O–H groups in total. The Hall–Kier alpha value is -2.71. The first-order valence-corrected chi connectivity index (χ1v) is 9.38. The van der Waals surface area contributed by atoms with E-state index >= 15 is 0 Å². The monoisotopic (exact) mass is 390 g/mol. The largest absolute Gasteiger partial charge is 0.478 e. The highest BCUT2D eigenvalue weighted by Gasteiger charge is 2.23. The van der Waals surface area contributed by atoms with Gasteiger partial charge in [0.2, 0.25) is 5.82 Å². The number of methoxy groups -OCH3 is 1. The van der Waals surface area contributed by atoms with Gasteiger partial charge < -0.3 is 4.74 Å². The summed E-state index contributed by atoms with van der Waals surface area (Å²) in [6, 6.07) is 9.76. The van der Waals surface area contributed by atoms with Gasteiger partial charge in [0, 0.05) is 16.8 Å². The Bertz CT molecular complexity index is 1040. The molecule has 26 heavy (non-hydrogen) atoms. The molecule has 0 amide bonds. The summed E-state index contributed by atoms with van der Waals surface area (Å²) in [7, 11) is -2.58. The number of rotatable bonds is 5. The molecule has 0 atom stereocenters. The lowest BCUT2D eigenvalue weighted by Crippen LogP contribution is -2.16. The van der Waals surface area contributed by atoms with Gasteiger partial charge in [-0.25, -0.2) is 18.4 Å². The summed E-state index contributed by atoms with van der Waals surface area (Å²) < 4.78 is 33.3. The molecule has 0 aliphatic carbocycles. The lowest BCUT2D eigenvalue weighted by Gasteiger charge is -2.13. The molecule has 0 fully saturated rings. The normalized spacial score (nSPS) is 11.2. The molecule has 0 bridgehead atoms. The van der Waals surface area contributed by atoms with Gasteiger partial charge in [-0.2, -0.15) is 0 Å². The fourth-order valence-corrected chi connectivity index (χ4v) is 3.60. The fourth-order valence-electron chi connectivity index (χ4n) is 2.28. The number of ether oxygens (including phenoxy) is 1. The number of nitrogens with one attached hydrogen (secondary N) is 1. The van der Waals surface area contributed by atoms with E-state index in [4.69, 9.17) is 16.3 Å². The van der Waals surface area contributed by atoms with Crippen LogP contribution in [0, 0.1) is 6.92 Å². The number of sulfonamides is 1. The zero-order valence-corrected chi connectivity index (χ0v) is 15.5. The van der Waals surface area contributed by atoms with E-state index in [0.717, 1.165) is 0 Å². The number of anilines is 1. The zero-order valence-electron chi connectivity index (χ0n) is 14.0. The summed E-state index contributed by atoms with van der Waals surface area (Å²) in [6.45, 7) is 1.73. The summed E-state index contributed by atoms with van der Waals surface area (Å²) in [5.41, 5.74) is 1.53. The topological polar surface area (TPSA) is 94.1 Å². The molecule has 0 aliphatic rings. The smallest absolute Gasteiger partial charge is 0.265 e. The van der Waals surface area contributed by atoms with Gasteiger partial charge in [-0.15, -0.1) is 0 Å². The average molecular weight is 391 g/mol. The van der Waals surface area contributed by atoms with Crippen molar-refractivity contribution in [2.75, 3.05) is 11.8 Å². The van der Waals surface area contributed by atoms with Gasteiger partial charge in [0.05, 0.1) is 24.7 Å². The molecule has 3 rings (SSSR count). The maximum atomic E-state index is 12.9. The molecule has 2 aromatic heterocycles. The molecule has 0 radical (unpaired) electrons. The summed E-state index contributed by atoms with van der Waals surface area (Å²) >= 11 is 5.90. The van der Waals surface area contributed by atoms with Crippen LogP contribution in [0.4, 0.5) is 5.82 Å². The molecular weight excluding hydrogens is 376 g/mol. The first kappa shape index (κ1) is 18.1. The van der Waals surface area contributed by atoms with Crippen molar-refractivity contribution in [1.82, 2.24) is 15.0 Å². The van der Waals surface area contributed by atoms with Crippen LogP contribution in [0.25, 0.3) is 11.3 Å². The van der Waals surface area contributed by atoms with Gasteiger partial charge in [-0.1, -0.05) is 23.7 Å². The maximum Gasteiger partial charge on any atom is 0.265 e. The Balaban J connectivity index is 2.05. The number of aromatic nitrogens is 3. The Labute approximate surface area is 156 Å². The van der Waals surface area contributed by atoms with Crippen molar-refractivity contribution in [2.45, 2.75) is 11.8 Å². The molecule has 3 aromatic rings. The molecule has 134 valence electrons. The quantitative estimate of drug-likeness (QED) is 0.718. The van der Waals surface area contributed by atoms with E-state index in [2.05, 4.69) is 19.7 Å². The molecule has 2 heterocycles. The molecule has 0 saturated heterocycles. The molecule has 0 spiro atoms. The van der Waals surface area contributed by atoms with E-state index < -0.39 is 10.0 Å². The van der Waals surface area contributed by atoms with Gasteiger partial charge >= 0.3 is 0 Å². The van der Waals surface area contributed by atoms with Crippen molar-refractivity contribution in [3.63, 3.8) is 0 Å². The minimum absolute atomic E-state index is 0.00371.